The summed E-state index contributed by atoms with van der Waals surface area (Å²) in [5.41, 5.74) is 1.22. The molecule has 2 rings (SSSR count). The highest BCUT2D eigenvalue weighted by Crippen LogP contribution is 2.12. The predicted molar refractivity (Wildman–Crippen MR) is 75.5 cm³/mol. The zero-order valence-electron chi connectivity index (χ0n) is 11.8. The molecule has 6 heteroatoms. The molecule has 1 aliphatic heterocycles. The molecule has 0 saturated carbocycles. The molecule has 116 valence electrons. The maximum absolute atomic E-state index is 12.1. The Morgan fingerprint density at radius 1 is 1.38 bits per heavy atom. The van der Waals surface area contributed by atoms with Gasteiger partial charge in [0.15, 0.2) is 0 Å². The third kappa shape index (κ3) is 5.30. The van der Waals surface area contributed by atoms with Gasteiger partial charge in [-0.3, -0.25) is 0 Å². The summed E-state index contributed by atoms with van der Waals surface area (Å²) in [4.78, 5) is 13.3. The second kappa shape index (κ2) is 7.93. The number of hydrogen-bond donors (Lipinski definition) is 1. The molecule has 1 unspecified atom stereocenters. The van der Waals surface area contributed by atoms with Crippen molar-refractivity contribution in [1.29, 1.82) is 0 Å². The third-order valence-electron chi connectivity index (χ3n) is 3.43. The van der Waals surface area contributed by atoms with Crippen LogP contribution in [0.2, 0.25) is 0 Å². The summed E-state index contributed by atoms with van der Waals surface area (Å²) in [5.74, 6) is 0. The number of rotatable bonds is 5. The molecule has 1 saturated heterocycles. The molecule has 0 spiro atoms. The van der Waals surface area contributed by atoms with E-state index in [2.05, 4.69) is 17.4 Å². The van der Waals surface area contributed by atoms with E-state index in [1.165, 1.54) is 5.56 Å². The minimum atomic E-state index is -2.52. The van der Waals surface area contributed by atoms with Gasteiger partial charge in [0.2, 0.25) is 0 Å². The van der Waals surface area contributed by atoms with E-state index in [0.29, 0.717) is 19.7 Å². The van der Waals surface area contributed by atoms with Crippen LogP contribution in [0.15, 0.2) is 30.3 Å². The Morgan fingerprint density at radius 3 is 2.86 bits per heavy atom. The molecule has 0 bridgehead atoms. The fourth-order valence-corrected chi connectivity index (χ4v) is 2.33. The number of nitrogens with zero attached hydrogens (tertiary/aromatic N) is 1. The molecule has 1 atom stereocenters. The van der Waals surface area contributed by atoms with Crippen molar-refractivity contribution in [2.24, 2.45) is 0 Å². The standard InChI is InChI=1S/C15H20F2N2O2/c16-14(17)10-18-15(20)19-8-9-21-13(11-19)7-6-12-4-2-1-3-5-12/h1-5,13-14H,6-11H2,(H,18,20). The van der Waals surface area contributed by atoms with Crippen molar-refractivity contribution in [3.05, 3.63) is 35.9 Å². The monoisotopic (exact) mass is 298 g/mol. The normalized spacial score (nSPS) is 18.8. The van der Waals surface area contributed by atoms with E-state index in [1.807, 2.05) is 18.2 Å². The predicted octanol–water partition coefficient (Wildman–Crippen LogP) is 2.29. The first kappa shape index (κ1) is 15.7. The quantitative estimate of drug-likeness (QED) is 0.906. The van der Waals surface area contributed by atoms with Gasteiger partial charge >= 0.3 is 6.03 Å². The SMILES string of the molecule is O=C(NCC(F)F)N1CCOC(CCc2ccccc2)C1. The van der Waals surface area contributed by atoms with Gasteiger partial charge in [0, 0.05) is 13.1 Å². The third-order valence-corrected chi connectivity index (χ3v) is 3.43. The van der Waals surface area contributed by atoms with Crippen LogP contribution in [0.1, 0.15) is 12.0 Å². The van der Waals surface area contributed by atoms with Crippen molar-refractivity contribution in [2.45, 2.75) is 25.4 Å². The molecule has 1 aromatic rings. The van der Waals surface area contributed by atoms with Gasteiger partial charge in [-0.25, -0.2) is 13.6 Å². The molecule has 2 amide bonds. The fourth-order valence-electron chi connectivity index (χ4n) is 2.33. The highest BCUT2D eigenvalue weighted by atomic mass is 19.3. The maximum atomic E-state index is 12.1. The van der Waals surface area contributed by atoms with E-state index < -0.39 is 19.0 Å². The molecular weight excluding hydrogens is 278 g/mol. The van der Waals surface area contributed by atoms with Gasteiger partial charge in [-0.1, -0.05) is 30.3 Å². The van der Waals surface area contributed by atoms with Gasteiger partial charge < -0.3 is 15.0 Å². The molecular formula is C15H20F2N2O2. The number of ether oxygens (including phenoxy) is 1. The number of urea groups is 1. The van der Waals surface area contributed by atoms with Crippen LogP contribution in [0, 0.1) is 0 Å². The van der Waals surface area contributed by atoms with E-state index in [4.69, 9.17) is 4.74 Å². The van der Waals surface area contributed by atoms with Crippen LogP contribution >= 0.6 is 0 Å². The minimum absolute atomic E-state index is 0.0451. The Kier molecular flexibility index (Phi) is 5.92. The van der Waals surface area contributed by atoms with Crippen LogP contribution in [0.4, 0.5) is 13.6 Å². The number of carbonyl (C=O) groups excluding carboxylic acids is 1. The van der Waals surface area contributed by atoms with E-state index in [1.54, 1.807) is 4.90 Å². The summed E-state index contributed by atoms with van der Waals surface area (Å²) in [5, 5.41) is 2.23. The Balaban J connectivity index is 1.76. The lowest BCUT2D eigenvalue weighted by atomic mass is 10.1. The van der Waals surface area contributed by atoms with Gasteiger partial charge in [0.1, 0.15) is 0 Å². The molecule has 4 nitrogen and oxygen atoms in total. The van der Waals surface area contributed by atoms with Crippen molar-refractivity contribution in [2.75, 3.05) is 26.2 Å². The van der Waals surface area contributed by atoms with Crippen LogP contribution in [0.3, 0.4) is 0 Å². The maximum Gasteiger partial charge on any atom is 0.317 e. The second-order valence-corrected chi connectivity index (χ2v) is 5.04. The van der Waals surface area contributed by atoms with Crippen molar-refractivity contribution in [3.8, 4) is 0 Å². The fraction of sp³-hybridized carbons (Fsp3) is 0.533. The molecule has 0 aliphatic carbocycles. The summed E-state index contributed by atoms with van der Waals surface area (Å²) in [6.07, 6.45) is -0.888. The van der Waals surface area contributed by atoms with Crippen LogP contribution in [-0.2, 0) is 11.2 Å². The van der Waals surface area contributed by atoms with Gasteiger partial charge in [-0.2, -0.15) is 0 Å². The summed E-state index contributed by atoms with van der Waals surface area (Å²) >= 11 is 0. The highest BCUT2D eigenvalue weighted by Gasteiger charge is 2.24. The van der Waals surface area contributed by atoms with Crippen LogP contribution in [-0.4, -0.2) is 49.7 Å². The molecule has 1 heterocycles. The van der Waals surface area contributed by atoms with Crippen molar-refractivity contribution in [1.82, 2.24) is 10.2 Å². The average molecular weight is 298 g/mol. The first-order valence-corrected chi connectivity index (χ1v) is 7.11. The molecule has 0 aromatic heterocycles. The van der Waals surface area contributed by atoms with Gasteiger partial charge in [0.25, 0.3) is 6.43 Å². The Labute approximate surface area is 123 Å². The molecule has 1 aromatic carbocycles. The summed E-state index contributed by atoms with van der Waals surface area (Å²) in [6, 6.07) is 9.60. The Hall–Kier alpha value is -1.69. The van der Waals surface area contributed by atoms with Crippen molar-refractivity contribution in [3.63, 3.8) is 0 Å². The van der Waals surface area contributed by atoms with Crippen LogP contribution in [0.25, 0.3) is 0 Å². The minimum Gasteiger partial charge on any atom is -0.375 e. The van der Waals surface area contributed by atoms with Gasteiger partial charge in [-0.05, 0) is 18.4 Å². The smallest absolute Gasteiger partial charge is 0.317 e. The number of nitrogens with one attached hydrogen (secondary N) is 1. The number of morpholine rings is 1. The number of amides is 2. The molecule has 0 radical (unpaired) electrons. The van der Waals surface area contributed by atoms with Crippen LogP contribution in [0.5, 0.6) is 0 Å². The zero-order chi connectivity index (χ0) is 15.1. The number of carbonyl (C=O) groups is 1. The first-order valence-electron chi connectivity index (χ1n) is 7.11. The topological polar surface area (TPSA) is 41.6 Å². The Morgan fingerprint density at radius 2 is 2.14 bits per heavy atom. The summed E-state index contributed by atoms with van der Waals surface area (Å²) < 4.78 is 29.8. The Bertz CT molecular complexity index is 443. The lowest BCUT2D eigenvalue weighted by Gasteiger charge is -2.33. The van der Waals surface area contributed by atoms with Crippen LogP contribution < -0.4 is 5.32 Å². The van der Waals surface area contributed by atoms with Crippen molar-refractivity contribution < 1.29 is 18.3 Å². The highest BCUT2D eigenvalue weighted by molar-refractivity contribution is 5.74. The molecule has 1 fully saturated rings. The second-order valence-electron chi connectivity index (χ2n) is 5.04. The van der Waals surface area contributed by atoms with Crippen molar-refractivity contribution >= 4 is 6.03 Å². The molecule has 1 N–H and O–H groups in total. The summed E-state index contributed by atoms with van der Waals surface area (Å²) in [7, 11) is 0. The van der Waals surface area contributed by atoms with E-state index in [-0.39, 0.29) is 6.10 Å². The molecule has 1 aliphatic rings. The van der Waals surface area contributed by atoms with Gasteiger partial charge in [-0.15, -0.1) is 0 Å². The number of halogens is 2. The number of benzene rings is 1. The first-order chi connectivity index (χ1) is 10.1. The number of aryl methyl sites for hydroxylation is 1. The average Bonchev–Trinajstić information content (AvgIpc) is 2.52. The zero-order valence-corrected chi connectivity index (χ0v) is 11.8. The lowest BCUT2D eigenvalue weighted by Crippen LogP contribution is -2.50. The van der Waals surface area contributed by atoms with E-state index >= 15 is 0 Å². The number of alkyl halides is 2. The van der Waals surface area contributed by atoms with E-state index in [0.717, 1.165) is 12.8 Å². The number of hydrogen-bond acceptors (Lipinski definition) is 2. The lowest BCUT2D eigenvalue weighted by molar-refractivity contribution is -0.0180. The molecule has 21 heavy (non-hydrogen) atoms. The summed E-state index contributed by atoms with van der Waals surface area (Å²) in [6.45, 7) is 0.727. The van der Waals surface area contributed by atoms with Gasteiger partial charge in [0.05, 0.1) is 19.3 Å². The van der Waals surface area contributed by atoms with E-state index in [9.17, 15) is 13.6 Å². The largest absolute Gasteiger partial charge is 0.375 e.